The van der Waals surface area contributed by atoms with Crippen molar-refractivity contribution >= 4 is 46.6 Å². The van der Waals surface area contributed by atoms with E-state index in [-0.39, 0.29) is 17.4 Å². The van der Waals surface area contributed by atoms with E-state index in [2.05, 4.69) is 15.5 Å². The lowest BCUT2D eigenvalue weighted by molar-refractivity contribution is -0.113. The van der Waals surface area contributed by atoms with Crippen molar-refractivity contribution in [2.45, 2.75) is 25.5 Å². The molecule has 0 spiro atoms. The van der Waals surface area contributed by atoms with Crippen LogP contribution in [0.25, 0.3) is 11.4 Å². The number of nitrogens with zero attached hydrogens (tertiary/aromatic N) is 3. The molecule has 30 heavy (non-hydrogen) atoms. The van der Waals surface area contributed by atoms with Crippen LogP contribution in [-0.4, -0.2) is 26.4 Å². The van der Waals surface area contributed by atoms with Gasteiger partial charge in [0, 0.05) is 23.2 Å². The van der Waals surface area contributed by atoms with Gasteiger partial charge in [-0.05, 0) is 36.2 Å². The number of aromatic nitrogens is 3. The molecule has 0 saturated carbocycles. The normalized spacial score (nSPS) is 11.2. The Bertz CT molecular complexity index is 1070. The molecule has 0 aliphatic heterocycles. The monoisotopic (exact) mass is 470 g/mol. The van der Waals surface area contributed by atoms with E-state index < -0.39 is 17.5 Å². The summed E-state index contributed by atoms with van der Waals surface area (Å²) in [7, 11) is 0. The number of rotatable bonds is 7. The predicted octanol–water partition coefficient (Wildman–Crippen LogP) is 5.92. The highest BCUT2D eigenvalue weighted by atomic mass is 35.5. The van der Waals surface area contributed by atoms with Crippen LogP contribution < -0.4 is 5.32 Å². The van der Waals surface area contributed by atoms with Gasteiger partial charge in [-0.2, -0.15) is 0 Å². The minimum Gasteiger partial charge on any atom is -0.323 e. The number of thioether (sulfide) groups is 1. The molecular weight excluding hydrogens is 453 g/mol. The fraction of sp³-hybridized carbons (Fsp3) is 0.250. The van der Waals surface area contributed by atoms with Crippen LogP contribution in [0.1, 0.15) is 13.8 Å². The Morgan fingerprint density at radius 1 is 1.17 bits per heavy atom. The van der Waals surface area contributed by atoms with E-state index in [0.29, 0.717) is 33.1 Å². The van der Waals surface area contributed by atoms with Crippen LogP contribution in [0.3, 0.4) is 0 Å². The minimum absolute atomic E-state index is 0.0550. The summed E-state index contributed by atoms with van der Waals surface area (Å²) < 4.78 is 28.9. The van der Waals surface area contributed by atoms with Gasteiger partial charge in [-0.25, -0.2) is 8.78 Å². The van der Waals surface area contributed by atoms with Crippen molar-refractivity contribution in [3.8, 4) is 11.4 Å². The van der Waals surface area contributed by atoms with Crippen molar-refractivity contribution in [1.82, 2.24) is 14.8 Å². The Morgan fingerprint density at radius 3 is 2.63 bits per heavy atom. The van der Waals surface area contributed by atoms with Crippen LogP contribution in [0.2, 0.25) is 10.0 Å². The van der Waals surface area contributed by atoms with Gasteiger partial charge in [0.25, 0.3) is 0 Å². The fourth-order valence-electron chi connectivity index (χ4n) is 2.70. The molecule has 0 unspecified atom stereocenters. The van der Waals surface area contributed by atoms with Crippen molar-refractivity contribution in [2.24, 2.45) is 5.92 Å². The molecule has 5 nitrogen and oxygen atoms in total. The number of nitrogens with one attached hydrogen (secondary N) is 1. The molecule has 3 aromatic rings. The summed E-state index contributed by atoms with van der Waals surface area (Å²) in [5.74, 6) is -1.06. The van der Waals surface area contributed by atoms with Gasteiger partial charge in [-0.1, -0.05) is 48.8 Å². The predicted molar refractivity (Wildman–Crippen MR) is 116 cm³/mol. The van der Waals surface area contributed by atoms with Gasteiger partial charge in [0.2, 0.25) is 5.91 Å². The number of anilines is 1. The molecule has 158 valence electrons. The Kier molecular flexibility index (Phi) is 7.33. The summed E-state index contributed by atoms with van der Waals surface area (Å²) in [5, 5.41) is 12.3. The quantitative estimate of drug-likeness (QED) is 0.435. The second-order valence-corrected chi connectivity index (χ2v) is 8.68. The maximum absolute atomic E-state index is 13.7. The molecule has 2 aromatic carbocycles. The molecule has 0 fully saturated rings. The lowest BCUT2D eigenvalue weighted by atomic mass is 10.2. The van der Waals surface area contributed by atoms with Crippen LogP contribution in [-0.2, 0) is 11.3 Å². The number of hydrogen-bond donors (Lipinski definition) is 1. The average molecular weight is 471 g/mol. The number of amides is 1. The number of carbonyl (C=O) groups is 1. The molecule has 0 radical (unpaired) electrons. The third-order valence-corrected chi connectivity index (χ3v) is 5.49. The summed E-state index contributed by atoms with van der Waals surface area (Å²) in [5.41, 5.74) is 0.463. The molecule has 0 saturated heterocycles. The average Bonchev–Trinajstić information content (AvgIpc) is 3.05. The van der Waals surface area contributed by atoms with E-state index in [1.54, 1.807) is 18.2 Å². The molecule has 0 aliphatic rings. The third kappa shape index (κ3) is 5.50. The van der Waals surface area contributed by atoms with Gasteiger partial charge in [-0.3, -0.25) is 4.79 Å². The standard InChI is InChI=1S/C20H18Cl2F2N4OS/c1-11(2)9-28-19(14-5-3-12(21)7-15(14)22)26-27-20(28)30-10-18(29)25-17-8-13(23)4-6-16(17)24/h3-8,11H,9-10H2,1-2H3,(H,25,29). The van der Waals surface area contributed by atoms with Gasteiger partial charge < -0.3 is 9.88 Å². The molecule has 1 amide bonds. The van der Waals surface area contributed by atoms with Gasteiger partial charge >= 0.3 is 0 Å². The van der Waals surface area contributed by atoms with E-state index in [1.807, 2.05) is 18.4 Å². The van der Waals surface area contributed by atoms with Crippen LogP contribution in [0.5, 0.6) is 0 Å². The smallest absolute Gasteiger partial charge is 0.234 e. The molecular formula is C20H18Cl2F2N4OS. The number of halogens is 4. The Balaban J connectivity index is 1.79. The molecule has 3 rings (SSSR count). The van der Waals surface area contributed by atoms with Crippen molar-refractivity contribution in [1.29, 1.82) is 0 Å². The van der Waals surface area contributed by atoms with Crippen LogP contribution in [0, 0.1) is 17.6 Å². The number of benzene rings is 2. The topological polar surface area (TPSA) is 59.8 Å². The lowest BCUT2D eigenvalue weighted by Crippen LogP contribution is -2.16. The zero-order chi connectivity index (χ0) is 21.8. The Hall–Kier alpha value is -2.16. The minimum atomic E-state index is -0.711. The molecule has 1 heterocycles. The second kappa shape index (κ2) is 9.76. The van der Waals surface area contributed by atoms with Gasteiger partial charge in [-0.15, -0.1) is 10.2 Å². The first-order valence-electron chi connectivity index (χ1n) is 9.01. The lowest BCUT2D eigenvalue weighted by Gasteiger charge is -2.13. The maximum Gasteiger partial charge on any atom is 0.234 e. The summed E-state index contributed by atoms with van der Waals surface area (Å²) in [6.45, 7) is 4.69. The number of hydrogen-bond acceptors (Lipinski definition) is 4. The van der Waals surface area contributed by atoms with Crippen molar-refractivity contribution in [2.75, 3.05) is 11.1 Å². The van der Waals surface area contributed by atoms with E-state index in [1.165, 1.54) is 0 Å². The molecule has 1 aromatic heterocycles. The first-order valence-corrected chi connectivity index (χ1v) is 10.7. The molecule has 10 heteroatoms. The third-order valence-electron chi connectivity index (χ3n) is 3.97. The number of carbonyl (C=O) groups excluding carboxylic acids is 1. The van der Waals surface area contributed by atoms with Crippen LogP contribution in [0.15, 0.2) is 41.6 Å². The highest BCUT2D eigenvalue weighted by molar-refractivity contribution is 7.99. The van der Waals surface area contributed by atoms with Crippen molar-refractivity contribution < 1.29 is 13.6 Å². The molecule has 0 aliphatic carbocycles. The van der Waals surface area contributed by atoms with Gasteiger partial charge in [0.15, 0.2) is 11.0 Å². The van der Waals surface area contributed by atoms with Crippen LogP contribution >= 0.6 is 35.0 Å². The highest BCUT2D eigenvalue weighted by Crippen LogP contribution is 2.32. The zero-order valence-corrected chi connectivity index (χ0v) is 18.5. The summed E-state index contributed by atoms with van der Waals surface area (Å²) in [6.07, 6.45) is 0. The van der Waals surface area contributed by atoms with Crippen molar-refractivity contribution in [3.05, 3.63) is 58.1 Å². The van der Waals surface area contributed by atoms with Gasteiger partial charge in [0.05, 0.1) is 16.5 Å². The molecule has 0 bridgehead atoms. The SMILES string of the molecule is CC(C)Cn1c(SCC(=O)Nc2cc(F)ccc2F)nnc1-c1ccc(Cl)cc1Cl. The van der Waals surface area contributed by atoms with E-state index >= 15 is 0 Å². The first-order chi connectivity index (χ1) is 14.2. The van der Waals surface area contributed by atoms with Crippen molar-refractivity contribution in [3.63, 3.8) is 0 Å². The largest absolute Gasteiger partial charge is 0.323 e. The maximum atomic E-state index is 13.7. The molecule has 1 N–H and O–H groups in total. The highest BCUT2D eigenvalue weighted by Gasteiger charge is 2.19. The Labute approximate surface area is 186 Å². The summed E-state index contributed by atoms with van der Waals surface area (Å²) >= 11 is 13.4. The summed E-state index contributed by atoms with van der Waals surface area (Å²) in [4.78, 5) is 12.2. The van der Waals surface area contributed by atoms with E-state index in [4.69, 9.17) is 23.2 Å². The van der Waals surface area contributed by atoms with Gasteiger partial charge in [0.1, 0.15) is 11.6 Å². The van der Waals surface area contributed by atoms with E-state index in [9.17, 15) is 13.6 Å². The summed E-state index contributed by atoms with van der Waals surface area (Å²) in [6, 6.07) is 7.97. The van der Waals surface area contributed by atoms with E-state index in [0.717, 1.165) is 30.0 Å². The zero-order valence-electron chi connectivity index (χ0n) is 16.1. The van der Waals surface area contributed by atoms with Crippen LogP contribution in [0.4, 0.5) is 14.5 Å². The Morgan fingerprint density at radius 2 is 1.93 bits per heavy atom. The molecule has 0 atom stereocenters. The fourth-order valence-corrected chi connectivity index (χ4v) is 3.95. The first kappa shape index (κ1) is 22.5. The second-order valence-electron chi connectivity index (χ2n) is 6.90.